The van der Waals surface area contributed by atoms with Crippen molar-refractivity contribution in [3.63, 3.8) is 0 Å². The largest absolute Gasteiger partial charge is 0.489 e. The number of thiol groups is 1. The van der Waals surface area contributed by atoms with Gasteiger partial charge in [0, 0.05) is 21.1 Å². The van der Waals surface area contributed by atoms with Crippen LogP contribution in [-0.4, -0.2) is 20.9 Å². The molecule has 2 heterocycles. The molecule has 4 aromatic rings. The third-order valence-corrected chi connectivity index (χ3v) is 8.59. The fraction of sp³-hybridized carbons (Fsp3) is 0.200. The summed E-state index contributed by atoms with van der Waals surface area (Å²) in [5, 5.41) is 9.19. The van der Waals surface area contributed by atoms with E-state index in [4.69, 9.17) is 32.5 Å². The number of nitrogens with zero attached hydrogens (tertiary/aromatic N) is 1. The quantitative estimate of drug-likeness (QED) is 0.172. The number of halogens is 2. The average Bonchev–Trinajstić information content (AvgIpc) is 3.48. The van der Waals surface area contributed by atoms with Crippen molar-refractivity contribution < 1.29 is 18.3 Å². The lowest BCUT2D eigenvalue weighted by molar-refractivity contribution is 0.242. The molecule has 0 saturated heterocycles. The molecule has 0 saturated carbocycles. The summed E-state index contributed by atoms with van der Waals surface area (Å²) in [4.78, 5) is 13.1. The van der Waals surface area contributed by atoms with Crippen LogP contribution in [0.25, 0.3) is 26.9 Å². The topological polar surface area (TPSA) is 93.5 Å². The molecule has 0 bridgehead atoms. The van der Waals surface area contributed by atoms with Crippen LogP contribution in [0.2, 0.25) is 10.0 Å². The van der Waals surface area contributed by atoms with E-state index in [9.17, 15) is 9.00 Å². The summed E-state index contributed by atoms with van der Waals surface area (Å²) in [6.07, 6.45) is 9.64. The van der Waals surface area contributed by atoms with Gasteiger partial charge in [0.1, 0.15) is 35.7 Å². The van der Waals surface area contributed by atoms with Crippen LogP contribution >= 0.6 is 34.5 Å². The highest BCUT2D eigenvalue weighted by molar-refractivity contribution is 7.64. The molecule has 2 N–H and O–H groups in total. The molecule has 2 amide bonds. The molecule has 0 spiro atoms. The number of allylic oxidation sites excluding steroid dienone is 4. The first-order valence-corrected chi connectivity index (χ1v) is 15.1. The fourth-order valence-corrected chi connectivity index (χ4v) is 6.42. The number of nitrogens with one attached hydrogen (secondary N) is 2. The third kappa shape index (κ3) is 6.43. The summed E-state index contributed by atoms with van der Waals surface area (Å²) in [5.41, 5.74) is 2.18. The van der Waals surface area contributed by atoms with Crippen LogP contribution in [0.1, 0.15) is 42.9 Å². The number of amides is 2. The molecule has 212 valence electrons. The van der Waals surface area contributed by atoms with Gasteiger partial charge in [-0.05, 0) is 60.4 Å². The highest BCUT2D eigenvalue weighted by Gasteiger charge is 2.25. The van der Waals surface area contributed by atoms with Crippen molar-refractivity contribution in [3.8, 4) is 17.0 Å². The number of fused-ring (bicyclic) bond motifs is 1. The van der Waals surface area contributed by atoms with E-state index in [-0.39, 0.29) is 12.5 Å². The van der Waals surface area contributed by atoms with Gasteiger partial charge in [-0.15, -0.1) is 11.3 Å². The molecule has 7 nitrogen and oxygen atoms in total. The SMILES string of the molecule is CC(C)c1onc(-c2c(Cl)cccc2Cl)c1COc1ccc2cc(C3=CC(C)(NC(=O)N[SH]=O)C=CC=C3)sc2c1. The molecule has 0 aliphatic heterocycles. The summed E-state index contributed by atoms with van der Waals surface area (Å²) in [7, 11) is 0. The van der Waals surface area contributed by atoms with E-state index in [0.29, 0.717) is 27.1 Å². The number of ether oxygens (including phenoxy) is 1. The van der Waals surface area contributed by atoms with Gasteiger partial charge < -0.3 is 14.6 Å². The van der Waals surface area contributed by atoms with Crippen LogP contribution < -0.4 is 14.8 Å². The first-order chi connectivity index (χ1) is 19.7. The number of rotatable bonds is 8. The van der Waals surface area contributed by atoms with Crippen LogP contribution in [0.3, 0.4) is 0 Å². The van der Waals surface area contributed by atoms with Crippen molar-refractivity contribution in [2.45, 2.75) is 38.8 Å². The molecule has 1 unspecified atom stereocenters. The van der Waals surface area contributed by atoms with E-state index in [1.807, 2.05) is 69.4 Å². The van der Waals surface area contributed by atoms with E-state index in [2.05, 4.69) is 21.3 Å². The standard InChI is InChI=1S/C30H27Cl2N3O4S2/c1-17(2)28-21(27(34-39-28)26-22(31)8-6-9-23(26)32)16-38-20-11-10-18-13-24(40-25(18)14-20)19-7-4-5-12-30(3,15-19)33-29(36)35-41-37/h4-15,17,41H,16H2,1-3H3,(H2,33,35,36,37). The summed E-state index contributed by atoms with van der Waals surface area (Å²) >= 11 is 14.1. The number of hydrogen-bond acceptors (Lipinski definition) is 6. The summed E-state index contributed by atoms with van der Waals surface area (Å²) in [6.45, 7) is 6.16. The monoisotopic (exact) mass is 627 g/mol. The van der Waals surface area contributed by atoms with Crippen LogP contribution in [-0.2, 0) is 18.5 Å². The van der Waals surface area contributed by atoms with Gasteiger partial charge in [0.25, 0.3) is 0 Å². The Hall–Kier alpha value is -3.37. The second-order valence-corrected chi connectivity index (χ2v) is 12.3. The lowest BCUT2D eigenvalue weighted by Gasteiger charge is -2.23. The van der Waals surface area contributed by atoms with Crippen molar-refractivity contribution in [1.29, 1.82) is 0 Å². The Morgan fingerprint density at radius 1 is 1.17 bits per heavy atom. The number of thiophene rings is 1. The summed E-state index contributed by atoms with van der Waals surface area (Å²) in [6, 6.07) is 12.9. The van der Waals surface area contributed by atoms with Gasteiger partial charge in [0.2, 0.25) is 0 Å². The smallest absolute Gasteiger partial charge is 0.327 e. The number of carbonyl (C=O) groups excluding carboxylic acids is 1. The fourth-order valence-electron chi connectivity index (χ4n) is 4.61. The van der Waals surface area contributed by atoms with Crippen LogP contribution in [0.5, 0.6) is 5.75 Å². The minimum atomic E-state index is -0.771. The Morgan fingerprint density at radius 2 is 1.95 bits per heavy atom. The van der Waals surface area contributed by atoms with E-state index < -0.39 is 23.4 Å². The predicted molar refractivity (Wildman–Crippen MR) is 168 cm³/mol. The van der Waals surface area contributed by atoms with E-state index >= 15 is 0 Å². The Bertz CT molecular complexity index is 1700. The second kappa shape index (κ2) is 12.2. The molecule has 1 aliphatic rings. The molecule has 0 radical (unpaired) electrons. The maximum absolute atomic E-state index is 12.0. The molecule has 1 aliphatic carbocycles. The lowest BCUT2D eigenvalue weighted by atomic mass is 9.98. The van der Waals surface area contributed by atoms with Crippen molar-refractivity contribution in [3.05, 3.63) is 99.1 Å². The zero-order chi connectivity index (χ0) is 29.1. The zero-order valence-corrected chi connectivity index (χ0v) is 25.6. The van der Waals surface area contributed by atoms with Gasteiger partial charge in [0.15, 0.2) is 0 Å². The Balaban J connectivity index is 1.42. The maximum Gasteiger partial charge on any atom is 0.327 e. The minimum absolute atomic E-state index is 0.0833. The molecule has 5 rings (SSSR count). The Morgan fingerprint density at radius 3 is 2.68 bits per heavy atom. The molecule has 2 aromatic carbocycles. The van der Waals surface area contributed by atoms with Crippen LogP contribution in [0.4, 0.5) is 4.79 Å². The summed E-state index contributed by atoms with van der Waals surface area (Å²) in [5.74, 6) is 1.50. The van der Waals surface area contributed by atoms with Gasteiger partial charge in [0.05, 0.1) is 21.1 Å². The zero-order valence-electron chi connectivity index (χ0n) is 22.4. The van der Waals surface area contributed by atoms with Gasteiger partial charge in [-0.2, -0.15) is 0 Å². The van der Waals surface area contributed by atoms with Crippen LogP contribution in [0, 0.1) is 0 Å². The second-order valence-electron chi connectivity index (χ2n) is 9.98. The molecule has 41 heavy (non-hydrogen) atoms. The summed E-state index contributed by atoms with van der Waals surface area (Å²) < 4.78 is 26.0. The number of hydrogen-bond donors (Lipinski definition) is 3. The minimum Gasteiger partial charge on any atom is -0.489 e. The molecule has 1 atom stereocenters. The molecular weight excluding hydrogens is 601 g/mol. The third-order valence-electron chi connectivity index (χ3n) is 6.52. The molecule has 11 heteroatoms. The van der Waals surface area contributed by atoms with Gasteiger partial charge in [-0.3, -0.25) is 4.72 Å². The van der Waals surface area contributed by atoms with Gasteiger partial charge in [-0.1, -0.05) is 72.6 Å². The number of aromatic nitrogens is 1. The highest BCUT2D eigenvalue weighted by Crippen LogP contribution is 2.40. The average molecular weight is 629 g/mol. The van der Waals surface area contributed by atoms with E-state index in [1.54, 1.807) is 29.5 Å². The van der Waals surface area contributed by atoms with Gasteiger partial charge >= 0.3 is 6.03 Å². The Kier molecular flexibility index (Phi) is 8.70. The van der Waals surface area contributed by atoms with E-state index in [0.717, 1.165) is 31.9 Å². The van der Waals surface area contributed by atoms with Crippen LogP contribution in [0.15, 0.2) is 77.4 Å². The van der Waals surface area contributed by atoms with Crippen molar-refractivity contribution in [2.75, 3.05) is 0 Å². The predicted octanol–water partition coefficient (Wildman–Crippen LogP) is 7.99. The lowest BCUT2D eigenvalue weighted by Crippen LogP contribution is -2.47. The van der Waals surface area contributed by atoms with Crippen molar-refractivity contribution in [2.24, 2.45) is 0 Å². The molecular formula is C30H27Cl2N3O4S2. The maximum atomic E-state index is 12.0. The Labute approximate surface area is 255 Å². The molecule has 0 fully saturated rings. The van der Waals surface area contributed by atoms with Crippen molar-refractivity contribution >= 4 is 68.1 Å². The van der Waals surface area contributed by atoms with Crippen molar-refractivity contribution in [1.82, 2.24) is 15.2 Å². The normalized spacial score (nSPS) is 16.6. The number of carbonyl (C=O) groups is 1. The number of urea groups is 1. The first-order valence-electron chi connectivity index (χ1n) is 12.8. The number of benzene rings is 2. The highest BCUT2D eigenvalue weighted by atomic mass is 35.5. The molecule has 2 aromatic heterocycles. The first kappa shape index (κ1) is 29.1. The van der Waals surface area contributed by atoms with Gasteiger partial charge in [-0.25, -0.2) is 9.00 Å². The van der Waals surface area contributed by atoms with E-state index in [1.165, 1.54) is 0 Å².